The van der Waals surface area contributed by atoms with Crippen LogP contribution in [0.5, 0.6) is 0 Å². The first-order valence-corrected chi connectivity index (χ1v) is 8.95. The smallest absolute Gasteiger partial charge is 0.326 e. The first-order chi connectivity index (χ1) is 12.4. The number of nitrogens with zero attached hydrogens (tertiary/aromatic N) is 1. The van der Waals surface area contributed by atoms with E-state index >= 15 is 0 Å². The average Bonchev–Trinajstić information content (AvgIpc) is 2.59. The third kappa shape index (κ3) is 5.41. The number of unbranched alkanes of at least 4 members (excludes halogenated alkanes) is 1. The zero-order valence-electron chi connectivity index (χ0n) is 15.7. The minimum Gasteiger partial charge on any atom is -0.480 e. The number of hydrogen-bond acceptors (Lipinski definition) is 2. The van der Waals surface area contributed by atoms with Crippen LogP contribution in [0.3, 0.4) is 0 Å². The molecule has 26 heavy (non-hydrogen) atoms. The Balaban J connectivity index is 1.98. The van der Waals surface area contributed by atoms with E-state index in [9.17, 15) is 9.59 Å². The molecule has 0 radical (unpaired) electrons. The molecule has 0 saturated heterocycles. The molecule has 2 rings (SSSR count). The second-order valence-electron chi connectivity index (χ2n) is 6.63. The largest absolute Gasteiger partial charge is 0.480 e. The van der Waals surface area contributed by atoms with Crippen molar-refractivity contribution >= 4 is 11.9 Å². The van der Waals surface area contributed by atoms with Gasteiger partial charge in [-0.1, -0.05) is 30.3 Å². The van der Waals surface area contributed by atoms with E-state index in [4.69, 9.17) is 5.11 Å². The molecule has 0 saturated carbocycles. The number of amides is 1. The van der Waals surface area contributed by atoms with E-state index in [0.717, 1.165) is 19.4 Å². The molecule has 0 aliphatic heterocycles. The van der Waals surface area contributed by atoms with Crippen molar-refractivity contribution in [2.75, 3.05) is 0 Å². The second-order valence-corrected chi connectivity index (χ2v) is 6.63. The van der Waals surface area contributed by atoms with Crippen molar-refractivity contribution < 1.29 is 19.3 Å². The number of aromatic nitrogens is 1. The Kier molecular flexibility index (Phi) is 6.89. The lowest BCUT2D eigenvalue weighted by Crippen LogP contribution is -2.41. The number of carboxylic acids is 1. The Morgan fingerprint density at radius 3 is 2.19 bits per heavy atom. The molecular formula is C21H27N2O3+. The molecule has 5 nitrogen and oxygen atoms in total. The summed E-state index contributed by atoms with van der Waals surface area (Å²) in [5.41, 5.74) is 4.76. The van der Waals surface area contributed by atoms with Gasteiger partial charge in [0.25, 0.3) is 0 Å². The SMILES string of the molecule is CC(=O)N[C@H](CCCC[n+]1c(C)cc(-c2ccccc2)cc1C)C(=O)O. The van der Waals surface area contributed by atoms with Crippen LogP contribution in [0.15, 0.2) is 42.5 Å². The van der Waals surface area contributed by atoms with Crippen molar-refractivity contribution in [3.63, 3.8) is 0 Å². The summed E-state index contributed by atoms with van der Waals surface area (Å²) in [7, 11) is 0. The van der Waals surface area contributed by atoms with Gasteiger partial charge in [-0.2, -0.15) is 0 Å². The molecule has 1 atom stereocenters. The van der Waals surface area contributed by atoms with Crippen molar-refractivity contribution in [3.05, 3.63) is 53.9 Å². The predicted octanol–water partition coefficient (Wildman–Crippen LogP) is 3.02. The molecule has 1 aromatic heterocycles. The topological polar surface area (TPSA) is 70.3 Å². The van der Waals surface area contributed by atoms with Gasteiger partial charge in [0.2, 0.25) is 5.91 Å². The minimum absolute atomic E-state index is 0.310. The van der Waals surface area contributed by atoms with E-state index in [2.05, 4.69) is 48.0 Å². The fourth-order valence-corrected chi connectivity index (χ4v) is 3.20. The Bertz CT molecular complexity index is 749. The van der Waals surface area contributed by atoms with Crippen LogP contribution in [-0.4, -0.2) is 23.0 Å². The summed E-state index contributed by atoms with van der Waals surface area (Å²) in [6, 6.07) is 13.8. The lowest BCUT2D eigenvalue weighted by Gasteiger charge is -2.13. The molecule has 5 heteroatoms. The van der Waals surface area contributed by atoms with Gasteiger partial charge in [-0.15, -0.1) is 0 Å². The Labute approximate surface area is 154 Å². The number of carbonyl (C=O) groups excluding carboxylic acids is 1. The highest BCUT2D eigenvalue weighted by atomic mass is 16.4. The molecule has 138 valence electrons. The van der Waals surface area contributed by atoms with Gasteiger partial charge in [0, 0.05) is 39.3 Å². The number of pyridine rings is 1. The van der Waals surface area contributed by atoms with E-state index < -0.39 is 12.0 Å². The number of aryl methyl sites for hydroxylation is 2. The van der Waals surface area contributed by atoms with Crippen molar-refractivity contribution in [1.82, 2.24) is 5.32 Å². The van der Waals surface area contributed by atoms with Crippen LogP contribution >= 0.6 is 0 Å². The van der Waals surface area contributed by atoms with Gasteiger partial charge in [-0.3, -0.25) is 4.79 Å². The van der Waals surface area contributed by atoms with Gasteiger partial charge in [-0.25, -0.2) is 9.36 Å². The molecule has 1 amide bonds. The molecule has 0 spiro atoms. The third-order valence-corrected chi connectivity index (χ3v) is 4.49. The molecule has 0 aliphatic rings. The summed E-state index contributed by atoms with van der Waals surface area (Å²) >= 11 is 0. The van der Waals surface area contributed by atoms with Gasteiger partial charge >= 0.3 is 5.97 Å². The van der Waals surface area contributed by atoms with Crippen molar-refractivity contribution in [2.45, 2.75) is 52.6 Å². The normalized spacial score (nSPS) is 11.8. The number of aliphatic carboxylic acids is 1. The first kappa shape index (κ1) is 19.6. The number of hydrogen-bond donors (Lipinski definition) is 2. The van der Waals surface area contributed by atoms with E-state index in [1.807, 2.05) is 18.2 Å². The highest BCUT2D eigenvalue weighted by molar-refractivity contribution is 5.81. The molecule has 1 aromatic carbocycles. The van der Waals surface area contributed by atoms with E-state index in [0.29, 0.717) is 6.42 Å². The minimum atomic E-state index is -0.979. The zero-order valence-corrected chi connectivity index (χ0v) is 15.7. The van der Waals surface area contributed by atoms with Gasteiger partial charge in [0.1, 0.15) is 12.6 Å². The number of benzene rings is 1. The standard InChI is InChI=1S/C21H26N2O3/c1-15-13-19(18-9-5-4-6-10-18)14-16(2)23(15)12-8-7-11-20(21(25)26)22-17(3)24/h4-6,9-10,13-14,20H,7-8,11-12H2,1-3H3,(H-,22,24,25,26)/p+1/t20-/m1/s1. The predicted molar refractivity (Wildman–Crippen MR) is 101 cm³/mol. The molecule has 2 aromatic rings. The van der Waals surface area contributed by atoms with Crippen LogP contribution < -0.4 is 9.88 Å². The first-order valence-electron chi connectivity index (χ1n) is 8.95. The van der Waals surface area contributed by atoms with E-state index in [-0.39, 0.29) is 5.91 Å². The molecular weight excluding hydrogens is 328 g/mol. The fraction of sp³-hybridized carbons (Fsp3) is 0.381. The number of carboxylic acid groups (broad SMARTS) is 1. The maximum Gasteiger partial charge on any atom is 0.326 e. The molecule has 0 bridgehead atoms. The monoisotopic (exact) mass is 355 g/mol. The van der Waals surface area contributed by atoms with Gasteiger partial charge < -0.3 is 10.4 Å². The lowest BCUT2D eigenvalue weighted by molar-refractivity contribution is -0.708. The lowest BCUT2D eigenvalue weighted by atomic mass is 10.0. The van der Waals surface area contributed by atoms with Gasteiger partial charge in [-0.05, 0) is 24.0 Å². The second kappa shape index (κ2) is 9.13. The molecule has 0 unspecified atom stereocenters. The Morgan fingerprint density at radius 2 is 1.65 bits per heavy atom. The molecule has 0 fully saturated rings. The molecule has 0 aliphatic carbocycles. The maximum absolute atomic E-state index is 11.2. The number of nitrogens with one attached hydrogen (secondary N) is 1. The van der Waals surface area contributed by atoms with Crippen molar-refractivity contribution in [3.8, 4) is 11.1 Å². The maximum atomic E-state index is 11.2. The summed E-state index contributed by atoms with van der Waals surface area (Å²) in [5, 5.41) is 11.6. The van der Waals surface area contributed by atoms with Crippen LogP contribution in [0.2, 0.25) is 0 Å². The molecule has 1 heterocycles. The number of rotatable bonds is 8. The summed E-state index contributed by atoms with van der Waals surface area (Å²) in [4.78, 5) is 22.2. The highest BCUT2D eigenvalue weighted by Gasteiger charge is 2.18. The van der Waals surface area contributed by atoms with Crippen LogP contribution in [0, 0.1) is 13.8 Å². The fourth-order valence-electron chi connectivity index (χ4n) is 3.20. The van der Waals surface area contributed by atoms with E-state index in [1.54, 1.807) is 0 Å². The van der Waals surface area contributed by atoms with Crippen LogP contribution in [-0.2, 0) is 16.1 Å². The van der Waals surface area contributed by atoms with Gasteiger partial charge in [0.15, 0.2) is 11.4 Å². The van der Waals surface area contributed by atoms with Gasteiger partial charge in [0.05, 0.1) is 0 Å². The van der Waals surface area contributed by atoms with Crippen LogP contribution in [0.25, 0.3) is 11.1 Å². The van der Waals surface area contributed by atoms with E-state index in [1.165, 1.54) is 29.4 Å². The Hall–Kier alpha value is -2.69. The van der Waals surface area contributed by atoms with Crippen LogP contribution in [0.1, 0.15) is 37.6 Å². The highest BCUT2D eigenvalue weighted by Crippen LogP contribution is 2.19. The van der Waals surface area contributed by atoms with Crippen molar-refractivity contribution in [2.24, 2.45) is 0 Å². The zero-order chi connectivity index (χ0) is 19.1. The average molecular weight is 355 g/mol. The Morgan fingerprint density at radius 1 is 1.04 bits per heavy atom. The third-order valence-electron chi connectivity index (χ3n) is 4.49. The van der Waals surface area contributed by atoms with Crippen molar-refractivity contribution in [1.29, 1.82) is 0 Å². The number of carbonyl (C=O) groups is 2. The summed E-state index contributed by atoms with van der Waals surface area (Å²) in [6.07, 6.45) is 2.04. The summed E-state index contributed by atoms with van der Waals surface area (Å²) in [6.45, 7) is 6.36. The molecule has 2 N–H and O–H groups in total. The summed E-state index contributed by atoms with van der Waals surface area (Å²) < 4.78 is 2.25. The van der Waals surface area contributed by atoms with Crippen LogP contribution in [0.4, 0.5) is 0 Å². The quantitative estimate of drug-likeness (QED) is 0.565. The summed E-state index contributed by atoms with van der Waals surface area (Å²) in [5.74, 6) is -1.29.